The van der Waals surface area contributed by atoms with Crippen LogP contribution in [0.5, 0.6) is 0 Å². The lowest BCUT2D eigenvalue weighted by molar-refractivity contribution is -0.137. The molecule has 1 saturated heterocycles. The second kappa shape index (κ2) is 10.2. The average molecular weight is 492 g/mol. The molecule has 1 fully saturated rings. The number of anilines is 2. The van der Waals surface area contributed by atoms with E-state index in [9.17, 15) is 24.0 Å². The van der Waals surface area contributed by atoms with Gasteiger partial charge in [-0.1, -0.05) is 24.3 Å². The molecule has 3 atom stereocenters. The van der Waals surface area contributed by atoms with Crippen molar-refractivity contribution in [2.75, 3.05) is 24.2 Å². The Morgan fingerprint density at radius 2 is 1.39 bits per heavy atom. The van der Waals surface area contributed by atoms with Gasteiger partial charge in [-0.2, -0.15) is 0 Å². The number of fused-ring (bicyclic) bond motifs is 3. The summed E-state index contributed by atoms with van der Waals surface area (Å²) >= 11 is 0. The number of para-hydroxylation sites is 2. The standard InChI is InChI=1S/C26H29N5O5/c1-15-25(35)31-14-8-13-21(31)24(34)29-20-12-7-5-10-18(20)26(36)30(3)16(2)22(32)28-19-11-6-4-9-17(19)23(33)27-15/h4-7,9-12,15-16,21H,8,13-14H2,1-3H3,(H,27,33)(H,28,32)(H,29,34). The van der Waals surface area contributed by atoms with Gasteiger partial charge in [-0.15, -0.1) is 0 Å². The summed E-state index contributed by atoms with van der Waals surface area (Å²) < 4.78 is 0. The maximum Gasteiger partial charge on any atom is 0.256 e. The van der Waals surface area contributed by atoms with Gasteiger partial charge in [0.15, 0.2) is 0 Å². The molecule has 5 amide bonds. The van der Waals surface area contributed by atoms with Gasteiger partial charge in [-0.3, -0.25) is 24.0 Å². The average Bonchev–Trinajstić information content (AvgIpc) is 3.37. The van der Waals surface area contributed by atoms with Gasteiger partial charge in [0.2, 0.25) is 17.7 Å². The highest BCUT2D eigenvalue weighted by Gasteiger charge is 2.37. The third-order valence-corrected chi connectivity index (χ3v) is 6.68. The van der Waals surface area contributed by atoms with E-state index in [4.69, 9.17) is 0 Å². The largest absolute Gasteiger partial charge is 0.340 e. The van der Waals surface area contributed by atoms with Gasteiger partial charge in [-0.25, -0.2) is 0 Å². The van der Waals surface area contributed by atoms with Gasteiger partial charge in [-0.05, 0) is 51.0 Å². The van der Waals surface area contributed by atoms with Crippen molar-refractivity contribution in [2.45, 2.75) is 44.8 Å². The smallest absolute Gasteiger partial charge is 0.256 e. The number of hydrogen-bond acceptors (Lipinski definition) is 5. The van der Waals surface area contributed by atoms with Crippen molar-refractivity contribution in [3.05, 3.63) is 59.7 Å². The quantitative estimate of drug-likeness (QED) is 0.518. The van der Waals surface area contributed by atoms with Crippen LogP contribution in [0.4, 0.5) is 11.4 Å². The third kappa shape index (κ3) is 4.79. The topological polar surface area (TPSA) is 128 Å². The molecule has 0 aliphatic carbocycles. The summed E-state index contributed by atoms with van der Waals surface area (Å²) in [5, 5.41) is 8.20. The zero-order valence-corrected chi connectivity index (χ0v) is 20.4. The molecule has 2 aromatic rings. The number of amides is 5. The normalized spacial score (nSPS) is 23.6. The number of hydrogen-bond donors (Lipinski definition) is 3. The van der Waals surface area contributed by atoms with E-state index in [-0.39, 0.29) is 22.7 Å². The van der Waals surface area contributed by atoms with E-state index in [0.717, 1.165) is 0 Å². The minimum absolute atomic E-state index is 0.178. The number of nitrogens with one attached hydrogen (secondary N) is 3. The van der Waals surface area contributed by atoms with Crippen molar-refractivity contribution in [1.82, 2.24) is 15.1 Å². The van der Waals surface area contributed by atoms with Gasteiger partial charge < -0.3 is 25.8 Å². The Kier molecular flexibility index (Phi) is 7.05. The molecule has 4 rings (SSSR count). The van der Waals surface area contributed by atoms with Gasteiger partial charge in [0.1, 0.15) is 18.1 Å². The van der Waals surface area contributed by atoms with Crippen molar-refractivity contribution in [3.63, 3.8) is 0 Å². The first-order valence-electron chi connectivity index (χ1n) is 11.9. The van der Waals surface area contributed by atoms with Crippen LogP contribution in [0, 0.1) is 0 Å². The van der Waals surface area contributed by atoms with Crippen LogP contribution in [0.2, 0.25) is 0 Å². The fourth-order valence-corrected chi connectivity index (χ4v) is 4.45. The first-order valence-corrected chi connectivity index (χ1v) is 11.9. The summed E-state index contributed by atoms with van der Waals surface area (Å²) in [6.45, 7) is 3.51. The Balaban J connectivity index is 1.76. The van der Waals surface area contributed by atoms with Gasteiger partial charge >= 0.3 is 0 Å². The molecule has 10 heteroatoms. The molecule has 0 radical (unpaired) electrons. The maximum absolute atomic E-state index is 13.3. The molecule has 0 saturated carbocycles. The van der Waals surface area contributed by atoms with Crippen LogP contribution < -0.4 is 16.0 Å². The van der Waals surface area contributed by atoms with E-state index >= 15 is 0 Å². The number of benzene rings is 2. The second-order valence-corrected chi connectivity index (χ2v) is 9.05. The second-order valence-electron chi connectivity index (χ2n) is 9.05. The lowest BCUT2D eigenvalue weighted by atomic mass is 10.1. The van der Waals surface area contributed by atoms with Crippen LogP contribution in [-0.2, 0) is 14.4 Å². The summed E-state index contributed by atoms with van der Waals surface area (Å²) in [4.78, 5) is 68.6. The molecule has 3 unspecified atom stereocenters. The predicted molar refractivity (Wildman–Crippen MR) is 133 cm³/mol. The molecule has 0 spiro atoms. The monoisotopic (exact) mass is 491 g/mol. The van der Waals surface area contributed by atoms with Crippen LogP contribution in [0.1, 0.15) is 47.4 Å². The zero-order chi connectivity index (χ0) is 26.0. The number of rotatable bonds is 0. The molecule has 188 valence electrons. The summed E-state index contributed by atoms with van der Waals surface area (Å²) in [6, 6.07) is 10.5. The Labute approximate surface area is 209 Å². The lowest BCUT2D eigenvalue weighted by Crippen LogP contribution is -2.51. The first kappa shape index (κ1) is 24.9. The fourth-order valence-electron chi connectivity index (χ4n) is 4.45. The summed E-state index contributed by atoms with van der Waals surface area (Å²) in [6.07, 6.45) is 1.10. The molecular weight excluding hydrogens is 462 g/mol. The highest BCUT2D eigenvalue weighted by atomic mass is 16.2. The first-order chi connectivity index (χ1) is 17.2. The summed E-state index contributed by atoms with van der Waals surface area (Å²) in [5.74, 6) is -2.30. The molecule has 0 aromatic heterocycles. The van der Waals surface area contributed by atoms with Crippen LogP contribution >= 0.6 is 0 Å². The minimum Gasteiger partial charge on any atom is -0.340 e. The fraction of sp³-hybridized carbons (Fsp3) is 0.346. The SMILES string of the molecule is CC1NC(=O)c2ccccc2NC(=O)C(C)N(C)C(=O)c2ccccc2NC(=O)C2CCCN2C1=O. The maximum atomic E-state index is 13.3. The number of carbonyl (C=O) groups excluding carboxylic acids is 5. The molecule has 3 N–H and O–H groups in total. The Morgan fingerprint density at radius 1 is 0.806 bits per heavy atom. The van der Waals surface area contributed by atoms with Crippen molar-refractivity contribution in [3.8, 4) is 0 Å². The number of nitrogens with zero attached hydrogens (tertiary/aromatic N) is 2. The zero-order valence-electron chi connectivity index (χ0n) is 20.4. The Bertz CT molecular complexity index is 1230. The Morgan fingerprint density at radius 3 is 2.08 bits per heavy atom. The highest BCUT2D eigenvalue weighted by molar-refractivity contribution is 6.09. The van der Waals surface area contributed by atoms with E-state index in [2.05, 4.69) is 16.0 Å². The third-order valence-electron chi connectivity index (χ3n) is 6.68. The Hall–Kier alpha value is -4.21. The van der Waals surface area contributed by atoms with Crippen molar-refractivity contribution < 1.29 is 24.0 Å². The van der Waals surface area contributed by atoms with Crippen molar-refractivity contribution >= 4 is 40.9 Å². The minimum atomic E-state index is -0.899. The van der Waals surface area contributed by atoms with Crippen molar-refractivity contribution in [1.29, 1.82) is 0 Å². The molecule has 36 heavy (non-hydrogen) atoms. The van der Waals surface area contributed by atoms with Crippen molar-refractivity contribution in [2.24, 2.45) is 0 Å². The van der Waals surface area contributed by atoms with E-state index in [1.54, 1.807) is 56.3 Å². The molecule has 2 aliphatic rings. The van der Waals surface area contributed by atoms with Gasteiger partial charge in [0, 0.05) is 13.6 Å². The molecule has 0 bridgehead atoms. The molecule has 2 aliphatic heterocycles. The van der Waals surface area contributed by atoms with Crippen LogP contribution in [-0.4, -0.2) is 71.1 Å². The predicted octanol–water partition coefficient (Wildman–Crippen LogP) is 1.85. The summed E-state index contributed by atoms with van der Waals surface area (Å²) in [5.41, 5.74) is 0.950. The lowest BCUT2D eigenvalue weighted by Gasteiger charge is -2.27. The van der Waals surface area contributed by atoms with E-state index in [1.165, 1.54) is 22.9 Å². The van der Waals surface area contributed by atoms with E-state index in [0.29, 0.717) is 25.1 Å². The van der Waals surface area contributed by atoms with Gasteiger partial charge in [0.05, 0.1) is 22.5 Å². The number of carbonyl (C=O) groups is 5. The van der Waals surface area contributed by atoms with E-state index in [1.807, 2.05) is 0 Å². The molecule has 10 nitrogen and oxygen atoms in total. The highest BCUT2D eigenvalue weighted by Crippen LogP contribution is 2.24. The van der Waals surface area contributed by atoms with Crippen LogP contribution in [0.3, 0.4) is 0 Å². The van der Waals surface area contributed by atoms with E-state index < -0.39 is 41.8 Å². The molecular formula is C26H29N5O5. The molecule has 2 aromatic carbocycles. The number of likely N-dealkylation sites (N-methyl/N-ethyl adjacent to an activating group) is 1. The van der Waals surface area contributed by atoms with Crippen LogP contribution in [0.25, 0.3) is 0 Å². The molecule has 2 heterocycles. The van der Waals surface area contributed by atoms with Crippen LogP contribution in [0.15, 0.2) is 48.5 Å². The van der Waals surface area contributed by atoms with Gasteiger partial charge in [0.25, 0.3) is 11.8 Å². The summed E-state index contributed by atoms with van der Waals surface area (Å²) in [7, 11) is 1.50.